The Morgan fingerprint density at radius 1 is 1.07 bits per heavy atom. The number of fused-ring (bicyclic) bond motifs is 1. The van der Waals surface area contributed by atoms with Gasteiger partial charge in [-0.15, -0.1) is 5.10 Å². The number of carbonyl (C=O) groups is 1. The van der Waals surface area contributed by atoms with Crippen molar-refractivity contribution < 1.29 is 14.3 Å². The van der Waals surface area contributed by atoms with Crippen LogP contribution in [0.4, 0.5) is 0 Å². The summed E-state index contributed by atoms with van der Waals surface area (Å²) >= 11 is 0. The van der Waals surface area contributed by atoms with Crippen molar-refractivity contribution in [2.75, 3.05) is 6.79 Å². The average Bonchev–Trinajstić information content (AvgIpc) is 3.48. The highest BCUT2D eigenvalue weighted by atomic mass is 16.7. The lowest BCUT2D eigenvalue weighted by atomic mass is 9.87. The van der Waals surface area contributed by atoms with Crippen molar-refractivity contribution in [3.05, 3.63) is 59.9 Å². The third kappa shape index (κ3) is 2.87. The number of nitrogens with one attached hydrogen (secondary N) is 1. The van der Waals surface area contributed by atoms with Crippen LogP contribution in [-0.2, 0) is 5.54 Å². The molecule has 1 N–H and O–H groups in total. The molecule has 28 heavy (non-hydrogen) atoms. The third-order valence-corrected chi connectivity index (χ3v) is 5.46. The number of hydrogen-bond acceptors (Lipinski definition) is 6. The van der Waals surface area contributed by atoms with E-state index in [9.17, 15) is 4.79 Å². The minimum absolute atomic E-state index is 0.116. The van der Waals surface area contributed by atoms with E-state index in [1.54, 1.807) is 12.1 Å². The fraction of sp³-hybridized carbons (Fsp3) is 0.300. The molecule has 8 nitrogen and oxygen atoms in total. The van der Waals surface area contributed by atoms with Gasteiger partial charge in [0.1, 0.15) is 6.33 Å². The average molecular weight is 377 g/mol. The van der Waals surface area contributed by atoms with Crippen molar-refractivity contribution in [1.82, 2.24) is 25.5 Å². The molecule has 0 unspecified atom stereocenters. The molecule has 2 heterocycles. The highest BCUT2D eigenvalue weighted by Crippen LogP contribution is 2.43. The van der Waals surface area contributed by atoms with Gasteiger partial charge in [-0.3, -0.25) is 4.79 Å². The smallest absolute Gasteiger partial charge is 0.252 e. The van der Waals surface area contributed by atoms with E-state index in [-0.39, 0.29) is 12.7 Å². The maximum Gasteiger partial charge on any atom is 0.252 e. The SMILES string of the molecule is O=C(NC1(c2ccc3c(c2)OCO3)CCCC1)c1cccc(-n2cnnn2)c1. The number of tetrazole rings is 1. The van der Waals surface area contributed by atoms with Crippen LogP contribution in [0.2, 0.25) is 0 Å². The van der Waals surface area contributed by atoms with Crippen LogP contribution in [0.5, 0.6) is 11.5 Å². The van der Waals surface area contributed by atoms with Crippen LogP contribution in [0.3, 0.4) is 0 Å². The van der Waals surface area contributed by atoms with Crippen molar-refractivity contribution in [3.8, 4) is 17.2 Å². The highest BCUT2D eigenvalue weighted by molar-refractivity contribution is 5.95. The molecule has 8 heteroatoms. The molecule has 1 aliphatic heterocycles. The van der Waals surface area contributed by atoms with Gasteiger partial charge in [0.25, 0.3) is 5.91 Å². The van der Waals surface area contributed by atoms with E-state index in [0.717, 1.165) is 48.4 Å². The minimum Gasteiger partial charge on any atom is -0.454 e. The van der Waals surface area contributed by atoms with E-state index >= 15 is 0 Å². The van der Waals surface area contributed by atoms with Crippen molar-refractivity contribution in [2.45, 2.75) is 31.2 Å². The molecular weight excluding hydrogens is 358 g/mol. The molecule has 1 fully saturated rings. The van der Waals surface area contributed by atoms with Gasteiger partial charge in [-0.2, -0.15) is 0 Å². The summed E-state index contributed by atoms with van der Waals surface area (Å²) in [6, 6.07) is 13.2. The van der Waals surface area contributed by atoms with E-state index in [1.807, 2.05) is 30.3 Å². The Morgan fingerprint density at radius 3 is 2.75 bits per heavy atom. The summed E-state index contributed by atoms with van der Waals surface area (Å²) in [5.74, 6) is 1.37. The lowest BCUT2D eigenvalue weighted by Crippen LogP contribution is -2.43. The Kier molecular flexibility index (Phi) is 3.96. The minimum atomic E-state index is -0.400. The maximum atomic E-state index is 13.1. The van der Waals surface area contributed by atoms with E-state index in [2.05, 4.69) is 20.8 Å². The molecule has 2 aliphatic rings. The molecule has 0 bridgehead atoms. The zero-order chi connectivity index (χ0) is 19.0. The monoisotopic (exact) mass is 377 g/mol. The molecular formula is C20H19N5O3. The fourth-order valence-corrected chi connectivity index (χ4v) is 4.02. The summed E-state index contributed by atoms with van der Waals surface area (Å²) in [4.78, 5) is 13.1. The molecule has 1 aliphatic carbocycles. The zero-order valence-electron chi connectivity index (χ0n) is 15.2. The number of amides is 1. The first-order valence-electron chi connectivity index (χ1n) is 9.30. The topological polar surface area (TPSA) is 91.2 Å². The summed E-state index contributed by atoms with van der Waals surface area (Å²) in [7, 11) is 0. The lowest BCUT2D eigenvalue weighted by Gasteiger charge is -2.31. The van der Waals surface area contributed by atoms with Crippen molar-refractivity contribution in [1.29, 1.82) is 0 Å². The van der Waals surface area contributed by atoms with Crippen LogP contribution in [0.1, 0.15) is 41.6 Å². The molecule has 3 aromatic rings. The normalized spacial score (nSPS) is 16.9. The number of benzene rings is 2. The van der Waals surface area contributed by atoms with E-state index in [1.165, 1.54) is 11.0 Å². The molecule has 0 saturated heterocycles. The van der Waals surface area contributed by atoms with E-state index in [4.69, 9.17) is 9.47 Å². The van der Waals surface area contributed by atoms with Gasteiger partial charge >= 0.3 is 0 Å². The van der Waals surface area contributed by atoms with Gasteiger partial charge in [0.2, 0.25) is 6.79 Å². The number of rotatable bonds is 4. The summed E-state index contributed by atoms with van der Waals surface area (Å²) in [6.07, 6.45) is 5.43. The fourth-order valence-electron chi connectivity index (χ4n) is 4.02. The van der Waals surface area contributed by atoms with E-state index in [0.29, 0.717) is 5.56 Å². The highest BCUT2D eigenvalue weighted by Gasteiger charge is 2.38. The van der Waals surface area contributed by atoms with Gasteiger partial charge in [0.15, 0.2) is 11.5 Å². The molecule has 1 amide bonds. The van der Waals surface area contributed by atoms with Crippen LogP contribution in [0, 0.1) is 0 Å². The second kappa shape index (κ2) is 6.63. The molecule has 142 valence electrons. The number of hydrogen-bond donors (Lipinski definition) is 1. The van der Waals surface area contributed by atoms with E-state index < -0.39 is 5.54 Å². The van der Waals surface area contributed by atoms with Gasteiger partial charge < -0.3 is 14.8 Å². The van der Waals surface area contributed by atoms with Crippen LogP contribution >= 0.6 is 0 Å². The van der Waals surface area contributed by atoms with Crippen molar-refractivity contribution >= 4 is 5.91 Å². The zero-order valence-corrected chi connectivity index (χ0v) is 15.2. The lowest BCUT2D eigenvalue weighted by molar-refractivity contribution is 0.0898. The van der Waals surface area contributed by atoms with Gasteiger partial charge in [-0.25, -0.2) is 4.68 Å². The van der Waals surface area contributed by atoms with Crippen LogP contribution in [-0.4, -0.2) is 32.9 Å². The van der Waals surface area contributed by atoms with Crippen LogP contribution in [0.15, 0.2) is 48.8 Å². The number of nitrogens with zero attached hydrogens (tertiary/aromatic N) is 4. The predicted octanol–water partition coefficient (Wildman–Crippen LogP) is 2.59. The largest absolute Gasteiger partial charge is 0.454 e. The number of ether oxygens (including phenoxy) is 2. The van der Waals surface area contributed by atoms with Crippen LogP contribution < -0.4 is 14.8 Å². The third-order valence-electron chi connectivity index (χ3n) is 5.46. The first kappa shape index (κ1) is 16.7. The second-order valence-corrected chi connectivity index (χ2v) is 7.12. The number of aromatic nitrogens is 4. The Morgan fingerprint density at radius 2 is 1.93 bits per heavy atom. The molecule has 0 atom stereocenters. The molecule has 0 spiro atoms. The summed E-state index contributed by atoms with van der Waals surface area (Å²) in [5.41, 5.74) is 1.96. The Labute approximate surface area is 161 Å². The first-order chi connectivity index (χ1) is 13.7. The summed E-state index contributed by atoms with van der Waals surface area (Å²) in [6.45, 7) is 0.238. The first-order valence-corrected chi connectivity index (χ1v) is 9.30. The quantitative estimate of drug-likeness (QED) is 0.751. The predicted molar refractivity (Wildman–Crippen MR) is 99.3 cm³/mol. The molecule has 5 rings (SSSR count). The Hall–Kier alpha value is -3.42. The Balaban J connectivity index is 1.44. The molecule has 0 radical (unpaired) electrons. The van der Waals surface area contributed by atoms with Gasteiger partial charge in [0, 0.05) is 5.56 Å². The standard InChI is InChI=1S/C20H19N5O3/c26-19(14-4-3-5-16(10-14)25-12-21-23-24-25)22-20(8-1-2-9-20)15-6-7-17-18(11-15)28-13-27-17/h3-7,10-12H,1-2,8-9,13H2,(H,22,26). The second-order valence-electron chi connectivity index (χ2n) is 7.12. The summed E-state index contributed by atoms with van der Waals surface area (Å²) < 4.78 is 12.5. The Bertz CT molecular complexity index is 1010. The van der Waals surface area contributed by atoms with Gasteiger partial charge in [0.05, 0.1) is 11.2 Å². The van der Waals surface area contributed by atoms with Gasteiger partial charge in [-0.1, -0.05) is 25.0 Å². The van der Waals surface area contributed by atoms with Crippen molar-refractivity contribution in [2.24, 2.45) is 0 Å². The summed E-state index contributed by atoms with van der Waals surface area (Å²) in [5, 5.41) is 14.5. The molecule has 1 saturated carbocycles. The number of carbonyl (C=O) groups excluding carboxylic acids is 1. The van der Waals surface area contributed by atoms with Gasteiger partial charge in [-0.05, 0) is 59.2 Å². The molecule has 1 aromatic heterocycles. The van der Waals surface area contributed by atoms with Crippen LogP contribution in [0.25, 0.3) is 5.69 Å². The maximum absolute atomic E-state index is 13.1. The molecule has 2 aromatic carbocycles. The van der Waals surface area contributed by atoms with Crippen molar-refractivity contribution in [3.63, 3.8) is 0 Å².